The Kier molecular flexibility index (Phi) is 2.39. The lowest BCUT2D eigenvalue weighted by Gasteiger charge is -2.33. The molecular weight excluding hydrogens is 188 g/mol. The summed E-state index contributed by atoms with van der Waals surface area (Å²) < 4.78 is 0. The van der Waals surface area contributed by atoms with Crippen molar-refractivity contribution in [3.63, 3.8) is 0 Å². The first-order chi connectivity index (χ1) is 7.38. The molecular formula is C11H20N4. The normalized spacial score (nSPS) is 39.5. The second-order valence-corrected chi connectivity index (χ2v) is 5.19. The molecule has 0 aromatic carbocycles. The van der Waals surface area contributed by atoms with Crippen LogP contribution in [0.15, 0.2) is 10.3 Å². The molecule has 2 fully saturated rings. The highest BCUT2D eigenvalue weighted by Gasteiger charge is 2.43. The third kappa shape index (κ3) is 1.75. The molecule has 0 aromatic rings. The Morgan fingerprint density at radius 2 is 2.13 bits per heavy atom. The van der Waals surface area contributed by atoms with E-state index in [1.807, 2.05) is 7.05 Å². The monoisotopic (exact) mass is 208 g/mol. The largest absolute Gasteiger partial charge is 0.319 e. The van der Waals surface area contributed by atoms with Crippen LogP contribution in [-0.2, 0) is 0 Å². The minimum atomic E-state index is 0.498. The highest BCUT2D eigenvalue weighted by atomic mass is 15.6. The van der Waals surface area contributed by atoms with E-state index in [9.17, 15) is 0 Å². The molecule has 1 heterocycles. The van der Waals surface area contributed by atoms with E-state index in [4.69, 9.17) is 0 Å². The average Bonchev–Trinajstić information content (AvgIpc) is 3.00. The summed E-state index contributed by atoms with van der Waals surface area (Å²) in [6.45, 7) is 1.14. The SMILES string of the molecule is CNCC1CCC2C(C1)N=NN2C1CC1. The first-order valence-corrected chi connectivity index (χ1v) is 6.22. The predicted molar refractivity (Wildman–Crippen MR) is 58.6 cm³/mol. The van der Waals surface area contributed by atoms with Gasteiger partial charge in [-0.2, -0.15) is 5.11 Å². The zero-order valence-electron chi connectivity index (χ0n) is 9.39. The van der Waals surface area contributed by atoms with Crippen molar-refractivity contribution < 1.29 is 0 Å². The van der Waals surface area contributed by atoms with Gasteiger partial charge in [0.25, 0.3) is 0 Å². The van der Waals surface area contributed by atoms with Crippen LogP contribution in [0.4, 0.5) is 0 Å². The maximum atomic E-state index is 4.46. The highest BCUT2D eigenvalue weighted by molar-refractivity contribution is 4.98. The van der Waals surface area contributed by atoms with Gasteiger partial charge in [-0.15, -0.1) is 0 Å². The van der Waals surface area contributed by atoms with Gasteiger partial charge in [0.05, 0.1) is 12.1 Å². The van der Waals surface area contributed by atoms with Crippen molar-refractivity contribution in [1.82, 2.24) is 10.3 Å². The summed E-state index contributed by atoms with van der Waals surface area (Å²) in [4.78, 5) is 0. The van der Waals surface area contributed by atoms with Gasteiger partial charge in [0.1, 0.15) is 0 Å². The van der Waals surface area contributed by atoms with Gasteiger partial charge < -0.3 is 5.32 Å². The lowest BCUT2D eigenvalue weighted by molar-refractivity contribution is 0.153. The molecule has 1 N–H and O–H groups in total. The quantitative estimate of drug-likeness (QED) is 0.765. The molecule has 1 aliphatic heterocycles. The molecule has 3 unspecified atom stereocenters. The molecule has 3 rings (SSSR count). The number of nitrogens with zero attached hydrogens (tertiary/aromatic N) is 3. The van der Waals surface area contributed by atoms with E-state index < -0.39 is 0 Å². The molecule has 3 aliphatic rings. The van der Waals surface area contributed by atoms with Gasteiger partial charge in [-0.05, 0) is 51.6 Å². The van der Waals surface area contributed by atoms with Crippen LogP contribution >= 0.6 is 0 Å². The average molecular weight is 208 g/mol. The molecule has 0 radical (unpaired) electrons. The van der Waals surface area contributed by atoms with Crippen LogP contribution in [0, 0.1) is 5.92 Å². The van der Waals surface area contributed by atoms with E-state index in [0.717, 1.165) is 18.5 Å². The molecule has 2 saturated carbocycles. The van der Waals surface area contributed by atoms with Gasteiger partial charge in [-0.25, -0.2) is 0 Å². The Labute approximate surface area is 91.1 Å². The van der Waals surface area contributed by atoms with E-state index in [1.165, 1.54) is 32.1 Å². The Hall–Kier alpha value is -0.640. The van der Waals surface area contributed by atoms with Crippen molar-refractivity contribution in [1.29, 1.82) is 0 Å². The van der Waals surface area contributed by atoms with Crippen LogP contribution in [0.3, 0.4) is 0 Å². The first-order valence-electron chi connectivity index (χ1n) is 6.22. The second kappa shape index (κ2) is 3.74. The lowest BCUT2D eigenvalue weighted by Crippen LogP contribution is -2.42. The Morgan fingerprint density at radius 1 is 1.27 bits per heavy atom. The minimum Gasteiger partial charge on any atom is -0.319 e. The molecule has 0 aromatic heterocycles. The maximum Gasteiger partial charge on any atom is 0.0952 e. The fourth-order valence-electron chi connectivity index (χ4n) is 3.00. The van der Waals surface area contributed by atoms with Crippen LogP contribution in [0.25, 0.3) is 0 Å². The number of fused-ring (bicyclic) bond motifs is 1. The molecule has 0 spiro atoms. The zero-order valence-corrected chi connectivity index (χ0v) is 9.39. The second-order valence-electron chi connectivity index (χ2n) is 5.19. The summed E-state index contributed by atoms with van der Waals surface area (Å²) in [6.07, 6.45) is 6.54. The summed E-state index contributed by atoms with van der Waals surface area (Å²) >= 11 is 0. The zero-order chi connectivity index (χ0) is 10.3. The number of hydrogen-bond acceptors (Lipinski definition) is 4. The molecule has 4 heteroatoms. The number of nitrogens with one attached hydrogen (secondary N) is 1. The van der Waals surface area contributed by atoms with Gasteiger partial charge in [0, 0.05) is 6.04 Å². The van der Waals surface area contributed by atoms with Crippen molar-refractivity contribution >= 4 is 0 Å². The van der Waals surface area contributed by atoms with Crippen LogP contribution in [-0.4, -0.2) is 36.7 Å². The molecule has 15 heavy (non-hydrogen) atoms. The number of hydrogen-bond donors (Lipinski definition) is 1. The van der Waals surface area contributed by atoms with E-state index in [0.29, 0.717) is 12.1 Å². The summed E-state index contributed by atoms with van der Waals surface area (Å²) in [7, 11) is 2.04. The molecule has 0 amide bonds. The molecule has 84 valence electrons. The van der Waals surface area contributed by atoms with Gasteiger partial charge in [0.15, 0.2) is 0 Å². The molecule has 3 atom stereocenters. The molecule has 4 nitrogen and oxygen atoms in total. The van der Waals surface area contributed by atoms with Crippen molar-refractivity contribution in [3.8, 4) is 0 Å². The highest BCUT2D eigenvalue weighted by Crippen LogP contribution is 2.40. The lowest BCUT2D eigenvalue weighted by atomic mass is 9.82. The summed E-state index contributed by atoms with van der Waals surface area (Å²) in [5.41, 5.74) is 0. The Bertz CT molecular complexity index is 261. The Balaban J connectivity index is 1.61. The van der Waals surface area contributed by atoms with Crippen molar-refractivity contribution in [2.24, 2.45) is 16.3 Å². The molecule has 2 aliphatic carbocycles. The summed E-state index contributed by atoms with van der Waals surface area (Å²) in [5.74, 6) is 0.814. The Morgan fingerprint density at radius 3 is 2.87 bits per heavy atom. The van der Waals surface area contributed by atoms with Crippen molar-refractivity contribution in [2.45, 2.75) is 50.2 Å². The standard InChI is InChI=1S/C11H20N4/c1-12-7-8-2-5-11-10(6-8)13-14-15(11)9-3-4-9/h8-12H,2-7H2,1H3. The van der Waals surface area contributed by atoms with Gasteiger partial charge in [0.2, 0.25) is 0 Å². The molecule has 0 saturated heterocycles. The van der Waals surface area contributed by atoms with Crippen molar-refractivity contribution in [2.75, 3.05) is 13.6 Å². The third-order valence-corrected chi connectivity index (χ3v) is 3.95. The third-order valence-electron chi connectivity index (χ3n) is 3.95. The van der Waals surface area contributed by atoms with E-state index in [2.05, 4.69) is 20.7 Å². The van der Waals surface area contributed by atoms with Crippen molar-refractivity contribution in [3.05, 3.63) is 0 Å². The van der Waals surface area contributed by atoms with E-state index in [-0.39, 0.29) is 0 Å². The van der Waals surface area contributed by atoms with Crippen LogP contribution < -0.4 is 5.32 Å². The summed E-state index contributed by atoms with van der Waals surface area (Å²) in [6, 6.07) is 1.88. The molecule has 0 bridgehead atoms. The number of rotatable bonds is 3. The van der Waals surface area contributed by atoms with Gasteiger partial charge in [-0.3, -0.25) is 5.01 Å². The first kappa shape index (κ1) is 9.58. The van der Waals surface area contributed by atoms with E-state index >= 15 is 0 Å². The topological polar surface area (TPSA) is 40.0 Å². The van der Waals surface area contributed by atoms with Crippen LogP contribution in [0.5, 0.6) is 0 Å². The predicted octanol–water partition coefficient (Wildman–Crippen LogP) is 1.59. The summed E-state index contributed by atoms with van der Waals surface area (Å²) in [5, 5.41) is 14.4. The van der Waals surface area contributed by atoms with Gasteiger partial charge >= 0.3 is 0 Å². The van der Waals surface area contributed by atoms with E-state index in [1.54, 1.807) is 0 Å². The maximum absolute atomic E-state index is 4.46. The fraction of sp³-hybridized carbons (Fsp3) is 1.00. The fourth-order valence-corrected chi connectivity index (χ4v) is 3.00. The van der Waals surface area contributed by atoms with Gasteiger partial charge in [-0.1, -0.05) is 5.22 Å². The van der Waals surface area contributed by atoms with Crippen LogP contribution in [0.1, 0.15) is 32.1 Å². The van der Waals surface area contributed by atoms with Crippen LogP contribution in [0.2, 0.25) is 0 Å². The minimum absolute atomic E-state index is 0.498. The smallest absolute Gasteiger partial charge is 0.0952 e.